The van der Waals surface area contributed by atoms with Gasteiger partial charge >= 0.3 is 138 Å². The number of hydrogen-bond donors (Lipinski definition) is 0. The van der Waals surface area contributed by atoms with E-state index in [1.807, 2.05) is 0 Å². The number of ether oxygens (including phenoxy) is 2. The van der Waals surface area contributed by atoms with Crippen molar-refractivity contribution < 1.29 is 19.1 Å². The van der Waals surface area contributed by atoms with Crippen LogP contribution in [0.15, 0.2) is 30.3 Å². The number of carbonyl (C=O) groups excluding carboxylic acids is 2. The van der Waals surface area contributed by atoms with Crippen molar-refractivity contribution in [1.29, 1.82) is 0 Å². The summed E-state index contributed by atoms with van der Waals surface area (Å²) in [5.41, 5.74) is 2.26. The Morgan fingerprint density at radius 3 is 2.43 bits per heavy atom. The molecule has 0 aliphatic heterocycles. The van der Waals surface area contributed by atoms with Crippen LogP contribution in [0.4, 0.5) is 0 Å². The van der Waals surface area contributed by atoms with Gasteiger partial charge in [-0.2, -0.15) is 0 Å². The Morgan fingerprint density at radius 2 is 1.74 bits per heavy atom. The Balaban J connectivity index is 2.19. The molecule has 2 aromatic carbocycles. The fourth-order valence-corrected chi connectivity index (χ4v) is 3.43. The summed E-state index contributed by atoms with van der Waals surface area (Å²) < 4.78 is 18.9. The third kappa shape index (κ3) is 2.65. The van der Waals surface area contributed by atoms with Crippen LogP contribution in [0, 0.1) is 0 Å². The Morgan fingerprint density at radius 1 is 1.04 bits per heavy atom. The molecule has 0 unspecified atom stereocenters. The summed E-state index contributed by atoms with van der Waals surface area (Å²) in [4.78, 5) is 24.4. The van der Waals surface area contributed by atoms with Crippen molar-refractivity contribution in [3.63, 3.8) is 0 Å². The number of carbonyl (C=O) groups is 2. The van der Waals surface area contributed by atoms with Gasteiger partial charge in [-0.3, -0.25) is 0 Å². The van der Waals surface area contributed by atoms with Gasteiger partial charge in [0.1, 0.15) is 0 Å². The molecule has 0 aliphatic rings. The SMILES string of the molecule is COc1ccc(OC)c(C(=O)c2ccc3n[se]nc3c2)c1C=O. The topological polar surface area (TPSA) is 78.4 Å². The zero-order chi connectivity index (χ0) is 16.4. The molecule has 0 radical (unpaired) electrons. The van der Waals surface area contributed by atoms with Gasteiger partial charge in [0.25, 0.3) is 0 Å². The van der Waals surface area contributed by atoms with Crippen LogP contribution in [-0.4, -0.2) is 49.2 Å². The second kappa shape index (κ2) is 6.32. The van der Waals surface area contributed by atoms with Gasteiger partial charge in [0.05, 0.1) is 0 Å². The van der Waals surface area contributed by atoms with E-state index in [1.165, 1.54) is 14.2 Å². The van der Waals surface area contributed by atoms with Gasteiger partial charge in [0.2, 0.25) is 0 Å². The summed E-state index contributed by atoms with van der Waals surface area (Å²) in [5, 5.41) is 0. The molecule has 0 amide bonds. The minimum absolute atomic E-state index is 0.161. The van der Waals surface area contributed by atoms with Crippen LogP contribution in [-0.2, 0) is 0 Å². The predicted octanol–water partition coefficient (Wildman–Crippen LogP) is 1.75. The molecule has 0 aliphatic carbocycles. The van der Waals surface area contributed by atoms with Gasteiger partial charge < -0.3 is 0 Å². The van der Waals surface area contributed by atoms with E-state index in [0.717, 1.165) is 5.52 Å². The molecule has 116 valence electrons. The van der Waals surface area contributed by atoms with Gasteiger partial charge in [-0.25, -0.2) is 0 Å². The second-order valence-electron chi connectivity index (χ2n) is 4.67. The van der Waals surface area contributed by atoms with E-state index >= 15 is 0 Å². The molecule has 0 saturated heterocycles. The van der Waals surface area contributed by atoms with Crippen LogP contribution in [0.3, 0.4) is 0 Å². The Labute approximate surface area is 138 Å². The molecular weight excluding hydrogens is 363 g/mol. The van der Waals surface area contributed by atoms with Gasteiger partial charge in [0, 0.05) is 0 Å². The van der Waals surface area contributed by atoms with Crippen LogP contribution in [0.2, 0.25) is 0 Å². The fourth-order valence-electron chi connectivity index (χ4n) is 2.35. The van der Waals surface area contributed by atoms with E-state index in [1.54, 1.807) is 30.3 Å². The number of rotatable bonds is 5. The normalized spacial score (nSPS) is 10.5. The van der Waals surface area contributed by atoms with E-state index in [9.17, 15) is 9.59 Å². The first-order chi connectivity index (χ1) is 11.2. The maximum atomic E-state index is 12.9. The first-order valence-electron chi connectivity index (χ1n) is 6.66. The molecule has 23 heavy (non-hydrogen) atoms. The molecule has 6 nitrogen and oxygen atoms in total. The average Bonchev–Trinajstić information content (AvgIpc) is 3.07. The zero-order valence-corrected chi connectivity index (χ0v) is 14.1. The third-order valence-corrected chi connectivity index (χ3v) is 4.64. The van der Waals surface area contributed by atoms with Crippen molar-refractivity contribution in [2.75, 3.05) is 14.2 Å². The number of ketones is 1. The van der Waals surface area contributed by atoms with Crippen molar-refractivity contribution >= 4 is 38.1 Å². The molecule has 3 rings (SSSR count). The minimum atomic E-state index is -0.319. The zero-order valence-electron chi connectivity index (χ0n) is 12.4. The Hall–Kier alpha value is -2.50. The average molecular weight is 375 g/mol. The van der Waals surface area contributed by atoms with E-state index in [0.29, 0.717) is 28.9 Å². The van der Waals surface area contributed by atoms with E-state index in [4.69, 9.17) is 9.47 Å². The first kappa shape index (κ1) is 15.4. The molecule has 1 aromatic heterocycles. The summed E-state index contributed by atoms with van der Waals surface area (Å²) in [6.07, 6.45) is 0.602. The molecule has 3 aromatic rings. The van der Waals surface area contributed by atoms with Crippen LogP contribution >= 0.6 is 0 Å². The number of benzene rings is 2. The summed E-state index contributed by atoms with van der Waals surface area (Å²) in [6, 6.07) is 8.32. The molecular formula is C16H12N2O4Se. The number of nitrogens with zero attached hydrogens (tertiary/aromatic N) is 2. The number of methoxy groups -OCH3 is 2. The molecule has 0 N–H and O–H groups in total. The predicted molar refractivity (Wildman–Crippen MR) is 84.8 cm³/mol. The van der Waals surface area contributed by atoms with Gasteiger partial charge in [-0.05, 0) is 0 Å². The number of aromatic nitrogens is 2. The van der Waals surface area contributed by atoms with Gasteiger partial charge in [-0.15, -0.1) is 0 Å². The molecule has 0 saturated carbocycles. The van der Waals surface area contributed by atoms with Crippen LogP contribution < -0.4 is 9.47 Å². The molecule has 0 fully saturated rings. The van der Waals surface area contributed by atoms with Crippen molar-refractivity contribution in [3.8, 4) is 11.5 Å². The maximum absolute atomic E-state index is 12.9. The fraction of sp³-hybridized carbons (Fsp3) is 0.125. The first-order valence-corrected chi connectivity index (χ1v) is 8.20. The van der Waals surface area contributed by atoms with Crippen LogP contribution in [0.25, 0.3) is 11.0 Å². The number of hydrogen-bond acceptors (Lipinski definition) is 6. The molecule has 0 atom stereocenters. The van der Waals surface area contributed by atoms with Crippen molar-refractivity contribution in [2.45, 2.75) is 0 Å². The van der Waals surface area contributed by atoms with Crippen molar-refractivity contribution in [2.24, 2.45) is 0 Å². The Kier molecular flexibility index (Phi) is 4.23. The van der Waals surface area contributed by atoms with E-state index < -0.39 is 0 Å². The second-order valence-corrected chi connectivity index (χ2v) is 5.78. The van der Waals surface area contributed by atoms with E-state index in [-0.39, 0.29) is 31.9 Å². The summed E-state index contributed by atoms with van der Waals surface area (Å²) in [7, 11) is 2.90. The monoisotopic (exact) mass is 376 g/mol. The van der Waals surface area contributed by atoms with Crippen molar-refractivity contribution in [1.82, 2.24) is 7.96 Å². The van der Waals surface area contributed by atoms with Crippen LogP contribution in [0.5, 0.6) is 11.5 Å². The number of fused-ring (bicyclic) bond motifs is 1. The standard InChI is InChI=1S/C16H12N2O4Se/c1-21-13-5-6-14(22-2)15(10(13)8-19)16(20)9-3-4-11-12(7-9)18-23-17-11/h3-8H,1-2H3. The summed E-state index contributed by atoms with van der Waals surface area (Å²) >= 11 is -0.161. The Bertz CT molecular complexity index is 904. The quantitative estimate of drug-likeness (QED) is 0.384. The van der Waals surface area contributed by atoms with Crippen molar-refractivity contribution in [3.05, 3.63) is 47.0 Å². The number of aldehydes is 1. The molecule has 7 heteroatoms. The van der Waals surface area contributed by atoms with Gasteiger partial charge in [0.15, 0.2) is 0 Å². The van der Waals surface area contributed by atoms with E-state index in [2.05, 4.69) is 7.96 Å². The third-order valence-electron chi connectivity index (χ3n) is 3.47. The molecule has 0 bridgehead atoms. The molecule has 0 spiro atoms. The molecule has 1 heterocycles. The summed E-state index contributed by atoms with van der Waals surface area (Å²) in [5.74, 6) is 0.331. The summed E-state index contributed by atoms with van der Waals surface area (Å²) in [6.45, 7) is 0. The van der Waals surface area contributed by atoms with Gasteiger partial charge in [-0.1, -0.05) is 0 Å². The van der Waals surface area contributed by atoms with Crippen LogP contribution in [0.1, 0.15) is 26.3 Å².